The first-order chi connectivity index (χ1) is 15.7. The molecular weight excluding hydrogens is 440 g/mol. The first-order valence-corrected chi connectivity index (χ1v) is 13.2. The number of aliphatic hydroxyl groups is 4. The summed E-state index contributed by atoms with van der Waals surface area (Å²) in [4.78, 5) is 0. The molecule has 4 N–H and O–H groups in total. The second kappa shape index (κ2) is 13.3. The maximum atomic E-state index is 9.75. The molecule has 2 rings (SSSR count). The third kappa shape index (κ3) is 7.70. The van der Waals surface area contributed by atoms with Crippen LogP contribution in [0.1, 0.15) is 20.8 Å². The van der Waals surface area contributed by atoms with Gasteiger partial charge in [0.15, 0.2) is 0 Å². The van der Waals surface area contributed by atoms with Gasteiger partial charge in [0, 0.05) is 0 Å². The maximum Gasteiger partial charge on any atom is 0.261 e. The van der Waals surface area contributed by atoms with Crippen molar-refractivity contribution >= 4 is 18.7 Å². The summed E-state index contributed by atoms with van der Waals surface area (Å²) in [7, 11) is -2.78. The van der Waals surface area contributed by atoms with Gasteiger partial charge < -0.3 is 34.3 Å². The van der Waals surface area contributed by atoms with E-state index in [4.69, 9.17) is 24.1 Å². The first kappa shape index (κ1) is 27.6. The minimum Gasteiger partial charge on any atom is -0.405 e. The molecule has 8 heteroatoms. The first-order valence-electron chi connectivity index (χ1n) is 11.3. The van der Waals surface area contributed by atoms with E-state index in [0.29, 0.717) is 0 Å². The topological polar surface area (TPSA) is 109 Å². The van der Waals surface area contributed by atoms with Crippen LogP contribution in [0.2, 0.25) is 5.04 Å². The van der Waals surface area contributed by atoms with E-state index in [-0.39, 0.29) is 31.5 Å². The lowest BCUT2D eigenvalue weighted by molar-refractivity contribution is -0.0856. The average molecular weight is 479 g/mol. The van der Waals surface area contributed by atoms with E-state index < -0.39 is 39.8 Å². The van der Waals surface area contributed by atoms with Crippen molar-refractivity contribution in [2.45, 2.75) is 44.1 Å². The van der Waals surface area contributed by atoms with Gasteiger partial charge in [-0.1, -0.05) is 81.4 Å². The van der Waals surface area contributed by atoms with Crippen LogP contribution >= 0.6 is 0 Å². The lowest BCUT2D eigenvalue weighted by Gasteiger charge is -2.43. The van der Waals surface area contributed by atoms with E-state index in [1.807, 2.05) is 36.4 Å². The zero-order valence-electron chi connectivity index (χ0n) is 19.8. The molecule has 0 spiro atoms. The van der Waals surface area contributed by atoms with Crippen LogP contribution in [0.25, 0.3) is 0 Å². The van der Waals surface area contributed by atoms with Crippen molar-refractivity contribution in [3.8, 4) is 0 Å². The molecule has 184 valence electrons. The van der Waals surface area contributed by atoms with Gasteiger partial charge in [-0.05, 0) is 15.4 Å². The van der Waals surface area contributed by atoms with Crippen molar-refractivity contribution in [2.24, 2.45) is 0 Å². The largest absolute Gasteiger partial charge is 0.405 e. The predicted octanol–water partition coefficient (Wildman–Crippen LogP) is 0.671. The Bertz CT molecular complexity index is 743. The van der Waals surface area contributed by atoms with Crippen LogP contribution in [-0.2, 0) is 13.9 Å². The molecule has 0 aliphatic rings. The summed E-state index contributed by atoms with van der Waals surface area (Å²) >= 11 is 0. The molecule has 7 nitrogen and oxygen atoms in total. The van der Waals surface area contributed by atoms with Gasteiger partial charge in [-0.3, -0.25) is 0 Å². The van der Waals surface area contributed by atoms with Gasteiger partial charge in [0.25, 0.3) is 8.32 Å². The number of aliphatic hydroxyl groups excluding tert-OH is 4. The lowest BCUT2D eigenvalue weighted by atomic mass is 10.2. The van der Waals surface area contributed by atoms with Crippen LogP contribution in [0, 0.1) is 0 Å². The summed E-state index contributed by atoms with van der Waals surface area (Å²) in [6.45, 7) is 5.92. The summed E-state index contributed by atoms with van der Waals surface area (Å²) < 4.78 is 18.2. The molecule has 0 aliphatic carbocycles. The standard InChI is InChI=1S/C25H38O7Si/c1-25(2,3)33(23-10-6-4-7-11-23,24-12-8-5-9-13-24)32-19-22(31-17-21(29)15-27)18-30-16-20(28)14-26/h4-13,20-22,26-29H,14-19H2,1-3H3. The highest BCUT2D eigenvalue weighted by Gasteiger charge is 2.50. The monoisotopic (exact) mass is 478 g/mol. The second-order valence-electron chi connectivity index (χ2n) is 9.14. The minimum absolute atomic E-state index is 0.0435. The molecular formula is C25H38O7Si. The van der Waals surface area contributed by atoms with Crippen LogP contribution in [0.15, 0.2) is 60.7 Å². The highest BCUT2D eigenvalue weighted by atomic mass is 28.4. The minimum atomic E-state index is -2.78. The average Bonchev–Trinajstić information content (AvgIpc) is 2.82. The molecule has 3 unspecified atom stereocenters. The molecule has 33 heavy (non-hydrogen) atoms. The van der Waals surface area contributed by atoms with Crippen LogP contribution in [0.3, 0.4) is 0 Å². The van der Waals surface area contributed by atoms with Crippen molar-refractivity contribution in [3.63, 3.8) is 0 Å². The third-order valence-electron chi connectivity index (χ3n) is 5.46. The van der Waals surface area contributed by atoms with Crippen molar-refractivity contribution in [2.75, 3.05) is 39.6 Å². The molecule has 0 saturated heterocycles. The number of rotatable bonds is 14. The van der Waals surface area contributed by atoms with Crippen LogP contribution < -0.4 is 10.4 Å². The Morgan fingerprint density at radius 2 is 1.21 bits per heavy atom. The molecule has 2 aromatic rings. The van der Waals surface area contributed by atoms with Gasteiger partial charge in [-0.25, -0.2) is 0 Å². The zero-order valence-corrected chi connectivity index (χ0v) is 20.8. The van der Waals surface area contributed by atoms with E-state index in [2.05, 4.69) is 45.0 Å². The van der Waals surface area contributed by atoms with Crippen LogP contribution in [0.4, 0.5) is 0 Å². The summed E-state index contributed by atoms with van der Waals surface area (Å²) in [5.74, 6) is 0. The van der Waals surface area contributed by atoms with Crippen LogP contribution in [-0.4, -0.2) is 86.7 Å². The fourth-order valence-corrected chi connectivity index (χ4v) is 8.40. The summed E-state index contributed by atoms with van der Waals surface area (Å²) in [5.41, 5.74) is 0. The predicted molar refractivity (Wildman–Crippen MR) is 130 cm³/mol. The van der Waals surface area contributed by atoms with Gasteiger partial charge in [0.2, 0.25) is 0 Å². The summed E-state index contributed by atoms with van der Waals surface area (Å²) in [6.07, 6.45) is -2.53. The fraction of sp³-hybridized carbons (Fsp3) is 0.520. The van der Waals surface area contributed by atoms with E-state index in [1.165, 1.54) is 0 Å². The van der Waals surface area contributed by atoms with Crippen molar-refractivity contribution in [3.05, 3.63) is 60.7 Å². The molecule has 0 heterocycles. The molecule has 0 bridgehead atoms. The Balaban J connectivity index is 2.33. The third-order valence-corrected chi connectivity index (χ3v) is 10.5. The molecule has 0 saturated carbocycles. The second-order valence-corrected chi connectivity index (χ2v) is 13.4. The highest BCUT2D eigenvalue weighted by molar-refractivity contribution is 6.99. The number of ether oxygens (including phenoxy) is 2. The maximum absolute atomic E-state index is 9.75. The lowest BCUT2D eigenvalue weighted by Crippen LogP contribution is -2.67. The molecule has 2 aromatic carbocycles. The molecule has 0 aromatic heterocycles. The quantitative estimate of drug-likeness (QED) is 0.296. The fourth-order valence-electron chi connectivity index (χ4n) is 3.81. The normalized spacial score (nSPS) is 15.2. The van der Waals surface area contributed by atoms with Crippen molar-refractivity contribution < 1.29 is 34.3 Å². The van der Waals surface area contributed by atoms with Crippen LogP contribution in [0.5, 0.6) is 0 Å². The Hall–Kier alpha value is -1.62. The van der Waals surface area contributed by atoms with E-state index in [0.717, 1.165) is 10.4 Å². The molecule has 0 radical (unpaired) electrons. The van der Waals surface area contributed by atoms with Gasteiger partial charge in [-0.2, -0.15) is 0 Å². The highest BCUT2D eigenvalue weighted by Crippen LogP contribution is 2.36. The SMILES string of the molecule is CC(C)(C)[Si](OCC(COCC(O)CO)OCC(O)CO)(c1ccccc1)c1ccccc1. The van der Waals surface area contributed by atoms with Gasteiger partial charge in [0.05, 0.1) is 39.6 Å². The van der Waals surface area contributed by atoms with Gasteiger partial charge >= 0.3 is 0 Å². The van der Waals surface area contributed by atoms with Crippen molar-refractivity contribution in [1.82, 2.24) is 0 Å². The molecule has 3 atom stereocenters. The van der Waals surface area contributed by atoms with Gasteiger partial charge in [0.1, 0.15) is 18.3 Å². The van der Waals surface area contributed by atoms with E-state index >= 15 is 0 Å². The van der Waals surface area contributed by atoms with E-state index in [9.17, 15) is 10.2 Å². The smallest absolute Gasteiger partial charge is 0.261 e. The van der Waals surface area contributed by atoms with Crippen molar-refractivity contribution in [1.29, 1.82) is 0 Å². The summed E-state index contributed by atoms with van der Waals surface area (Å²) in [5, 5.41) is 39.5. The molecule has 0 fully saturated rings. The Morgan fingerprint density at radius 1 is 0.727 bits per heavy atom. The zero-order chi connectivity index (χ0) is 24.3. The number of hydrogen-bond donors (Lipinski definition) is 4. The molecule has 0 aliphatic heterocycles. The summed E-state index contributed by atoms with van der Waals surface area (Å²) in [6, 6.07) is 20.4. The molecule has 0 amide bonds. The Kier molecular flexibility index (Phi) is 11.1. The van der Waals surface area contributed by atoms with Gasteiger partial charge in [-0.15, -0.1) is 0 Å². The van der Waals surface area contributed by atoms with E-state index in [1.54, 1.807) is 0 Å². The number of benzene rings is 2. The number of hydrogen-bond acceptors (Lipinski definition) is 7. The Morgan fingerprint density at radius 3 is 1.67 bits per heavy atom. The Labute approximate surface area is 197 Å².